The average Bonchev–Trinajstić information content (AvgIpc) is 2.39. The molecule has 9 heteroatoms. The number of nitro groups is 3. The van der Waals surface area contributed by atoms with Crippen molar-refractivity contribution in [3.63, 3.8) is 0 Å². The Morgan fingerprint density at radius 3 is 1.95 bits per heavy atom. The third kappa shape index (κ3) is 4.20. The van der Waals surface area contributed by atoms with E-state index in [9.17, 15) is 30.3 Å². The Bertz CT molecular complexity index is 678. The Hall–Kier alpha value is -3.10. The SMILES string of the molecule is CC(=Cc1ccc(C=C(C)[N+](=O)[O-])c([N+](=O)[O-])c1)[N+](=O)[O-]. The van der Waals surface area contributed by atoms with Crippen LogP contribution in [0.4, 0.5) is 5.69 Å². The van der Waals surface area contributed by atoms with E-state index in [-0.39, 0.29) is 28.2 Å². The van der Waals surface area contributed by atoms with Crippen LogP contribution in [0.3, 0.4) is 0 Å². The molecular formula is C12H11N3O6. The Kier molecular flexibility index (Phi) is 4.84. The number of hydrogen-bond donors (Lipinski definition) is 0. The summed E-state index contributed by atoms with van der Waals surface area (Å²) in [4.78, 5) is 30.1. The smallest absolute Gasteiger partial charge is 0.259 e. The molecule has 1 aromatic carbocycles. The van der Waals surface area contributed by atoms with E-state index < -0.39 is 14.8 Å². The van der Waals surface area contributed by atoms with Gasteiger partial charge in [0, 0.05) is 32.1 Å². The summed E-state index contributed by atoms with van der Waals surface area (Å²) in [7, 11) is 0. The predicted molar refractivity (Wildman–Crippen MR) is 74.4 cm³/mol. The Labute approximate surface area is 118 Å². The second kappa shape index (κ2) is 6.37. The van der Waals surface area contributed by atoms with Crippen LogP contribution in [0.2, 0.25) is 0 Å². The molecule has 0 radical (unpaired) electrons. The van der Waals surface area contributed by atoms with E-state index in [0.717, 1.165) is 12.1 Å². The van der Waals surface area contributed by atoms with Gasteiger partial charge in [-0.15, -0.1) is 0 Å². The fraction of sp³-hybridized carbons (Fsp3) is 0.167. The quantitative estimate of drug-likeness (QED) is 0.606. The second-order valence-electron chi connectivity index (χ2n) is 4.16. The minimum atomic E-state index is -0.697. The van der Waals surface area contributed by atoms with Crippen molar-refractivity contribution in [2.45, 2.75) is 13.8 Å². The molecule has 0 saturated carbocycles. The lowest BCUT2D eigenvalue weighted by Crippen LogP contribution is -1.97. The third-order valence-electron chi connectivity index (χ3n) is 2.57. The molecule has 0 aromatic heterocycles. The van der Waals surface area contributed by atoms with Gasteiger partial charge in [0.25, 0.3) is 5.69 Å². The first-order chi connectivity index (χ1) is 9.72. The van der Waals surface area contributed by atoms with Crippen LogP contribution in [-0.2, 0) is 0 Å². The topological polar surface area (TPSA) is 129 Å². The molecule has 0 heterocycles. The van der Waals surface area contributed by atoms with E-state index in [2.05, 4.69) is 0 Å². The highest BCUT2D eigenvalue weighted by molar-refractivity contribution is 5.66. The van der Waals surface area contributed by atoms with Crippen LogP contribution in [0, 0.1) is 30.3 Å². The van der Waals surface area contributed by atoms with Crippen molar-refractivity contribution in [3.05, 3.63) is 71.1 Å². The van der Waals surface area contributed by atoms with E-state index in [1.165, 1.54) is 32.1 Å². The highest BCUT2D eigenvalue weighted by Crippen LogP contribution is 2.24. The minimum absolute atomic E-state index is 0.0603. The van der Waals surface area contributed by atoms with Gasteiger partial charge in [0.1, 0.15) is 0 Å². The molecule has 0 saturated heterocycles. The molecule has 0 fully saturated rings. The molecule has 0 bridgehead atoms. The summed E-state index contributed by atoms with van der Waals surface area (Å²) in [5, 5.41) is 32.1. The fourth-order valence-electron chi connectivity index (χ4n) is 1.50. The molecule has 0 unspecified atom stereocenters. The molecule has 0 aliphatic heterocycles. The standard InChI is InChI=1S/C12H11N3O6/c1-8(13(16)17)5-10-3-4-11(6-9(2)14(18)19)12(7-10)15(20)21/h3-7H,1-2H3. The van der Waals surface area contributed by atoms with Gasteiger partial charge < -0.3 is 0 Å². The average molecular weight is 293 g/mol. The van der Waals surface area contributed by atoms with Crippen LogP contribution < -0.4 is 0 Å². The molecule has 0 spiro atoms. The maximum absolute atomic E-state index is 11.0. The predicted octanol–water partition coefficient (Wildman–Crippen LogP) is 2.87. The number of nitro benzene ring substituents is 1. The zero-order chi connectivity index (χ0) is 16.2. The maximum Gasteiger partial charge on any atom is 0.277 e. The minimum Gasteiger partial charge on any atom is -0.259 e. The van der Waals surface area contributed by atoms with Gasteiger partial charge in [0.05, 0.1) is 20.3 Å². The summed E-state index contributed by atoms with van der Waals surface area (Å²) in [6.07, 6.45) is 2.26. The van der Waals surface area contributed by atoms with E-state index in [0.29, 0.717) is 0 Å². The zero-order valence-corrected chi connectivity index (χ0v) is 11.2. The van der Waals surface area contributed by atoms with Crippen LogP contribution in [0.15, 0.2) is 29.6 Å². The number of rotatable bonds is 5. The number of allylic oxidation sites excluding steroid dienone is 2. The first-order valence-corrected chi connectivity index (χ1v) is 5.66. The lowest BCUT2D eigenvalue weighted by atomic mass is 10.1. The van der Waals surface area contributed by atoms with Crippen molar-refractivity contribution >= 4 is 17.8 Å². The molecule has 110 valence electrons. The summed E-state index contributed by atoms with van der Waals surface area (Å²) < 4.78 is 0. The molecule has 0 amide bonds. The number of hydrogen-bond acceptors (Lipinski definition) is 6. The van der Waals surface area contributed by atoms with Crippen LogP contribution >= 0.6 is 0 Å². The summed E-state index contributed by atoms with van der Waals surface area (Å²) >= 11 is 0. The first kappa shape index (κ1) is 16.0. The van der Waals surface area contributed by atoms with E-state index in [1.54, 1.807) is 0 Å². The summed E-state index contributed by atoms with van der Waals surface area (Å²) in [6.45, 7) is 2.48. The highest BCUT2D eigenvalue weighted by atomic mass is 16.6. The van der Waals surface area contributed by atoms with Gasteiger partial charge >= 0.3 is 0 Å². The monoisotopic (exact) mass is 293 g/mol. The second-order valence-corrected chi connectivity index (χ2v) is 4.16. The van der Waals surface area contributed by atoms with Gasteiger partial charge in [-0.05, 0) is 11.6 Å². The summed E-state index contributed by atoms with van der Waals surface area (Å²) in [5.41, 5.74) is -0.449. The first-order valence-electron chi connectivity index (χ1n) is 5.66. The molecule has 0 aliphatic rings. The van der Waals surface area contributed by atoms with Crippen molar-refractivity contribution in [1.82, 2.24) is 0 Å². The van der Waals surface area contributed by atoms with Gasteiger partial charge in [0.15, 0.2) is 0 Å². The highest BCUT2D eigenvalue weighted by Gasteiger charge is 2.16. The molecule has 0 aliphatic carbocycles. The Morgan fingerprint density at radius 1 is 0.952 bits per heavy atom. The van der Waals surface area contributed by atoms with Gasteiger partial charge in [-0.2, -0.15) is 0 Å². The lowest BCUT2D eigenvalue weighted by Gasteiger charge is -2.00. The Morgan fingerprint density at radius 2 is 1.48 bits per heavy atom. The van der Waals surface area contributed by atoms with Crippen molar-refractivity contribution in [2.75, 3.05) is 0 Å². The fourth-order valence-corrected chi connectivity index (χ4v) is 1.50. The molecule has 1 rings (SSSR count). The number of benzene rings is 1. The van der Waals surface area contributed by atoms with Crippen molar-refractivity contribution in [1.29, 1.82) is 0 Å². The van der Waals surface area contributed by atoms with Crippen LogP contribution in [0.5, 0.6) is 0 Å². The van der Waals surface area contributed by atoms with E-state index >= 15 is 0 Å². The third-order valence-corrected chi connectivity index (χ3v) is 2.57. The van der Waals surface area contributed by atoms with Crippen LogP contribution in [0.25, 0.3) is 12.2 Å². The van der Waals surface area contributed by atoms with Crippen LogP contribution in [-0.4, -0.2) is 14.8 Å². The number of nitrogens with zero attached hydrogens (tertiary/aromatic N) is 3. The lowest BCUT2D eigenvalue weighted by molar-refractivity contribution is -0.422. The van der Waals surface area contributed by atoms with E-state index in [4.69, 9.17) is 0 Å². The van der Waals surface area contributed by atoms with Crippen molar-refractivity contribution in [2.24, 2.45) is 0 Å². The van der Waals surface area contributed by atoms with Crippen molar-refractivity contribution < 1.29 is 14.8 Å². The largest absolute Gasteiger partial charge is 0.277 e. The molecule has 21 heavy (non-hydrogen) atoms. The summed E-state index contributed by atoms with van der Waals surface area (Å²) in [6, 6.07) is 3.86. The molecule has 0 atom stereocenters. The van der Waals surface area contributed by atoms with Crippen molar-refractivity contribution in [3.8, 4) is 0 Å². The van der Waals surface area contributed by atoms with Gasteiger partial charge in [-0.1, -0.05) is 6.07 Å². The molecule has 0 N–H and O–H groups in total. The summed E-state index contributed by atoms with van der Waals surface area (Å²) in [5.74, 6) is 0. The van der Waals surface area contributed by atoms with Gasteiger partial charge in [0.2, 0.25) is 11.4 Å². The zero-order valence-electron chi connectivity index (χ0n) is 11.2. The molecule has 1 aromatic rings. The van der Waals surface area contributed by atoms with Gasteiger partial charge in [-0.3, -0.25) is 30.3 Å². The van der Waals surface area contributed by atoms with E-state index in [1.807, 2.05) is 0 Å². The normalized spacial score (nSPS) is 12.1. The maximum atomic E-state index is 11.0. The molecular weight excluding hydrogens is 282 g/mol. The molecule has 9 nitrogen and oxygen atoms in total. The van der Waals surface area contributed by atoms with Gasteiger partial charge in [-0.25, -0.2) is 0 Å². The Balaban J connectivity index is 3.36. The van der Waals surface area contributed by atoms with Crippen LogP contribution in [0.1, 0.15) is 25.0 Å².